The summed E-state index contributed by atoms with van der Waals surface area (Å²) in [6, 6.07) is 8.20. The van der Waals surface area contributed by atoms with Gasteiger partial charge in [0.1, 0.15) is 10.4 Å². The smallest absolute Gasteiger partial charge is 0.326 e. The standard InChI is InChI=1S/C19H29NO4.C18H27NO5.C10H19NO3.C8H13NOS2/c1-12(2)10-18(23)20-19(13(3)4)16(22)9-7-14-6-8-15(21)17(11-14)24-5;1-11(2)18(19-17(23)9-12(3)20)15(22)8-6-13-5-7-14(21)16(10-13)24-4;1-6(2)5-8(12)11-9(7(3)4)10(13)14;1-6(2)5-7(10)9-3-4-12-8(9)11/h6,8,11-13,19,21H,7,9-10H2,1-5H3,(H,20,23);5,7,10-12,18,20-21H,6,8-9H2,1-4H3,(H,19,23);6-7,9H,5H2,1-4H3,(H,11,12)(H,13,14);6H,3-5H2,1-2H3/t19-;12?,18-;9-;/m000./s1. The van der Waals surface area contributed by atoms with Gasteiger partial charge in [0.25, 0.3) is 0 Å². The zero-order valence-electron chi connectivity index (χ0n) is 46.5. The lowest BCUT2D eigenvalue weighted by Crippen LogP contribution is -2.45. The molecule has 0 spiro atoms. The first kappa shape index (κ1) is 68.7. The molecule has 1 unspecified atom stereocenters. The Kier molecular flexibility index (Phi) is 33.3. The molecule has 2 aromatic rings. The van der Waals surface area contributed by atoms with Crippen molar-refractivity contribution in [3.8, 4) is 23.0 Å². The van der Waals surface area contributed by atoms with Crippen LogP contribution in [0.3, 0.4) is 0 Å². The van der Waals surface area contributed by atoms with Gasteiger partial charge in [-0.2, -0.15) is 0 Å². The van der Waals surface area contributed by atoms with E-state index >= 15 is 0 Å². The molecule has 1 heterocycles. The van der Waals surface area contributed by atoms with Gasteiger partial charge in [0.2, 0.25) is 23.6 Å². The molecule has 1 aliphatic rings. The van der Waals surface area contributed by atoms with Crippen molar-refractivity contribution < 1.29 is 63.5 Å². The number of aromatic hydroxyl groups is 2. The highest BCUT2D eigenvalue weighted by molar-refractivity contribution is 8.23. The van der Waals surface area contributed by atoms with Crippen LogP contribution in [0.25, 0.3) is 0 Å². The molecule has 19 heteroatoms. The van der Waals surface area contributed by atoms with Crippen molar-refractivity contribution in [2.75, 3.05) is 26.5 Å². The average molecular weight is 1080 g/mol. The fourth-order valence-electron chi connectivity index (χ4n) is 7.14. The van der Waals surface area contributed by atoms with Crippen molar-refractivity contribution in [3.05, 3.63) is 47.5 Å². The first-order valence-corrected chi connectivity index (χ1v) is 26.9. The van der Waals surface area contributed by atoms with Crippen molar-refractivity contribution in [1.82, 2.24) is 20.9 Å². The monoisotopic (exact) mass is 1080 g/mol. The van der Waals surface area contributed by atoms with E-state index < -0.39 is 30.2 Å². The SMILES string of the molecule is CC(C)CC(=O)N1CCSC1=S.CC(C)CC(=O)N[C@H](C(=O)O)C(C)C.COc1cc(CCC(=O)[C@@H](NC(=O)CC(C)C)C(C)C)ccc1O.COc1cc(CCC(=O)[C@@H](NC(=O)CC(C)O)C(C)C)ccc1O. The van der Waals surface area contributed by atoms with E-state index in [1.165, 1.54) is 27.2 Å². The minimum Gasteiger partial charge on any atom is -0.504 e. The number of aliphatic hydroxyl groups excluding tert-OH is 1. The molecule has 0 radical (unpaired) electrons. The number of thiocarbonyl (C=S) groups is 1. The predicted octanol–water partition coefficient (Wildman–Crippen LogP) is 8.05. The number of hydrogen-bond acceptors (Lipinski definition) is 14. The number of phenols is 2. The van der Waals surface area contributed by atoms with Crippen molar-refractivity contribution >= 4 is 69.5 Å². The molecule has 7 N–H and O–H groups in total. The maximum absolute atomic E-state index is 12.5. The number of carbonyl (C=O) groups is 7. The molecular formula is C55H88N4O13S2. The first-order chi connectivity index (χ1) is 34.4. The van der Waals surface area contributed by atoms with E-state index in [-0.39, 0.29) is 89.1 Å². The number of benzene rings is 2. The van der Waals surface area contributed by atoms with E-state index in [9.17, 15) is 48.9 Å². The van der Waals surface area contributed by atoms with Gasteiger partial charge in [0, 0.05) is 44.4 Å². The van der Waals surface area contributed by atoms with E-state index in [1.807, 2.05) is 69.2 Å². The summed E-state index contributed by atoms with van der Waals surface area (Å²) in [6.07, 6.45) is 2.28. The topological polar surface area (TPSA) is 258 Å². The molecule has 1 saturated heterocycles. The number of carbonyl (C=O) groups excluding carboxylic acids is 6. The Labute approximate surface area is 450 Å². The number of carboxylic acids is 1. The van der Waals surface area contributed by atoms with Gasteiger partial charge in [-0.15, -0.1) is 0 Å². The molecule has 1 fully saturated rings. The third-order valence-corrected chi connectivity index (χ3v) is 12.5. The number of ether oxygens (including phenoxy) is 2. The highest BCUT2D eigenvalue weighted by Crippen LogP contribution is 2.28. The van der Waals surface area contributed by atoms with Crippen LogP contribution in [-0.4, -0.2) is 122 Å². The lowest BCUT2D eigenvalue weighted by Gasteiger charge is -2.22. The van der Waals surface area contributed by atoms with Crippen LogP contribution in [-0.2, 0) is 46.4 Å². The zero-order chi connectivity index (χ0) is 57.0. The molecule has 418 valence electrons. The molecule has 1 aliphatic heterocycles. The second-order valence-electron chi connectivity index (χ2n) is 20.7. The lowest BCUT2D eigenvalue weighted by atomic mass is 9.95. The molecule has 0 saturated carbocycles. The van der Waals surface area contributed by atoms with Crippen LogP contribution >= 0.6 is 24.0 Å². The van der Waals surface area contributed by atoms with Gasteiger partial charge in [0.15, 0.2) is 34.6 Å². The number of amides is 4. The Balaban J connectivity index is 0.00000100. The summed E-state index contributed by atoms with van der Waals surface area (Å²) in [5.41, 5.74) is 1.78. The number of nitrogens with zero attached hydrogens (tertiary/aromatic N) is 1. The molecule has 4 atom stereocenters. The first-order valence-electron chi connectivity index (χ1n) is 25.5. The van der Waals surface area contributed by atoms with Crippen LogP contribution in [0, 0.1) is 35.5 Å². The minimum atomic E-state index is -0.975. The molecular weight excluding hydrogens is 989 g/mol. The van der Waals surface area contributed by atoms with Crippen molar-refractivity contribution in [1.29, 1.82) is 0 Å². The molecule has 17 nitrogen and oxygen atoms in total. The number of aryl methyl sites for hydroxylation is 2. The number of hydrogen-bond donors (Lipinski definition) is 7. The van der Waals surface area contributed by atoms with Crippen molar-refractivity contribution in [3.63, 3.8) is 0 Å². The summed E-state index contributed by atoms with van der Waals surface area (Å²) < 4.78 is 10.9. The number of phenolic OH excluding ortho intramolecular Hbond substituents is 2. The number of ketones is 2. The van der Waals surface area contributed by atoms with Gasteiger partial charge in [-0.3, -0.25) is 33.7 Å². The molecule has 4 amide bonds. The zero-order valence-corrected chi connectivity index (χ0v) is 48.2. The van der Waals surface area contributed by atoms with Crippen LogP contribution in [0.2, 0.25) is 0 Å². The Morgan fingerprint density at radius 3 is 1.26 bits per heavy atom. The Bertz CT molecular complexity index is 2010. The van der Waals surface area contributed by atoms with E-state index in [1.54, 1.807) is 60.8 Å². The van der Waals surface area contributed by atoms with Gasteiger partial charge in [-0.05, 0) is 90.7 Å². The highest BCUT2D eigenvalue weighted by Gasteiger charge is 2.27. The number of carboxylic acid groups (broad SMARTS) is 1. The van der Waals surface area contributed by atoms with Gasteiger partial charge in [-0.1, -0.05) is 119 Å². The summed E-state index contributed by atoms with van der Waals surface area (Å²) in [7, 11) is 2.96. The lowest BCUT2D eigenvalue weighted by molar-refractivity contribution is -0.143. The number of rotatable bonds is 25. The van der Waals surface area contributed by atoms with Gasteiger partial charge in [0.05, 0.1) is 38.8 Å². The minimum absolute atomic E-state index is 0.0222. The maximum atomic E-state index is 12.5. The van der Waals surface area contributed by atoms with Crippen LogP contribution in [0.15, 0.2) is 36.4 Å². The van der Waals surface area contributed by atoms with Crippen molar-refractivity contribution in [2.24, 2.45) is 35.5 Å². The molecule has 3 rings (SSSR count). The Morgan fingerprint density at radius 2 is 0.959 bits per heavy atom. The van der Waals surface area contributed by atoms with Crippen molar-refractivity contribution in [2.45, 2.75) is 166 Å². The van der Waals surface area contributed by atoms with Gasteiger partial charge >= 0.3 is 5.97 Å². The number of aliphatic carboxylic acids is 1. The van der Waals surface area contributed by atoms with Crippen LogP contribution in [0.5, 0.6) is 23.0 Å². The highest BCUT2D eigenvalue weighted by atomic mass is 32.2. The third kappa shape index (κ3) is 28.4. The molecule has 74 heavy (non-hydrogen) atoms. The fourth-order valence-corrected chi connectivity index (χ4v) is 8.38. The third-order valence-electron chi connectivity index (χ3n) is 11.0. The van der Waals surface area contributed by atoms with Gasteiger partial charge < -0.3 is 45.9 Å². The maximum Gasteiger partial charge on any atom is 0.326 e. The normalized spacial score (nSPS) is 13.6. The summed E-state index contributed by atoms with van der Waals surface area (Å²) >= 11 is 6.63. The predicted molar refractivity (Wildman–Crippen MR) is 295 cm³/mol. The average Bonchev–Trinajstić information content (AvgIpc) is 3.73. The molecule has 0 aliphatic carbocycles. The number of nitrogens with one attached hydrogen (secondary N) is 3. The van der Waals surface area contributed by atoms with E-state index in [2.05, 4.69) is 16.0 Å². The van der Waals surface area contributed by atoms with E-state index in [0.717, 1.165) is 27.7 Å². The number of Topliss-reactive ketones (excluding diaryl/α,β-unsaturated/α-hetero) is 2. The second-order valence-corrected chi connectivity index (χ2v) is 22.4. The molecule has 0 bridgehead atoms. The summed E-state index contributed by atoms with van der Waals surface area (Å²) in [5.74, 6) is 1.26. The number of aliphatic hydroxyl groups is 1. The summed E-state index contributed by atoms with van der Waals surface area (Å²) in [4.78, 5) is 84.0. The van der Waals surface area contributed by atoms with E-state index in [0.29, 0.717) is 55.9 Å². The largest absolute Gasteiger partial charge is 0.504 e. The molecule has 2 aromatic carbocycles. The Hall–Kier alpha value is -5.27. The number of thioether (sulfide) groups is 1. The van der Waals surface area contributed by atoms with Crippen LogP contribution in [0.4, 0.5) is 0 Å². The summed E-state index contributed by atoms with van der Waals surface area (Å²) in [6.45, 7) is 25.4. The van der Waals surface area contributed by atoms with Crippen LogP contribution in [0.1, 0.15) is 140 Å². The number of methoxy groups -OCH3 is 2. The quantitative estimate of drug-likeness (QED) is 0.0464. The van der Waals surface area contributed by atoms with E-state index in [4.69, 9.17) is 26.8 Å². The second kappa shape index (κ2) is 35.8. The van der Waals surface area contributed by atoms with Gasteiger partial charge in [-0.25, -0.2) is 4.79 Å². The fraction of sp³-hybridized carbons (Fsp3) is 0.636. The summed E-state index contributed by atoms with van der Waals surface area (Å²) in [5, 5.41) is 45.3. The Morgan fingerprint density at radius 1 is 0.595 bits per heavy atom. The molecule has 0 aromatic heterocycles. The van der Waals surface area contributed by atoms with Crippen LogP contribution < -0.4 is 25.4 Å².